The lowest BCUT2D eigenvalue weighted by molar-refractivity contribution is -0.115. The Labute approximate surface area is 104 Å². The second-order valence-electron chi connectivity index (χ2n) is 3.43. The number of hydrogen-bond acceptors (Lipinski definition) is 6. The van der Waals surface area contributed by atoms with Crippen LogP contribution < -0.4 is 11.5 Å². The monoisotopic (exact) mass is 266 g/mol. The molecular weight excluding hydrogens is 252 g/mol. The minimum Gasteiger partial charge on any atom is -0.414 e. The summed E-state index contributed by atoms with van der Waals surface area (Å²) >= 11 is 1.11. The topological polar surface area (TPSA) is 108 Å². The Bertz CT molecular complexity index is 345. The molecule has 0 aliphatic carbocycles. The van der Waals surface area contributed by atoms with E-state index in [1.54, 1.807) is 0 Å². The zero-order chi connectivity index (χ0) is 11.4. The molecule has 0 spiro atoms. The summed E-state index contributed by atoms with van der Waals surface area (Å²) in [7, 11) is 0. The molecule has 0 bridgehead atoms. The molecule has 0 radical (unpaired) electrons. The number of thioether (sulfide) groups is 1. The summed E-state index contributed by atoms with van der Waals surface area (Å²) in [5.74, 6) is 0.308. The third-order valence-corrected chi connectivity index (χ3v) is 2.60. The average Bonchev–Trinajstić information content (AvgIpc) is 2.61. The summed E-state index contributed by atoms with van der Waals surface area (Å²) in [6.45, 7) is 3.93. The zero-order valence-electron chi connectivity index (χ0n) is 9.04. The number of hydrogen-bond donors (Lipinski definition) is 2. The first-order valence-corrected chi connectivity index (χ1v) is 5.49. The van der Waals surface area contributed by atoms with Crippen molar-refractivity contribution in [1.82, 2.24) is 10.2 Å². The van der Waals surface area contributed by atoms with Gasteiger partial charge in [-0.1, -0.05) is 25.6 Å². The van der Waals surface area contributed by atoms with E-state index in [1.165, 1.54) is 0 Å². The first-order chi connectivity index (χ1) is 7.00. The van der Waals surface area contributed by atoms with Gasteiger partial charge in [-0.3, -0.25) is 4.79 Å². The molecule has 1 heterocycles. The fourth-order valence-corrected chi connectivity index (χ4v) is 1.34. The molecular formula is C8H15ClN4O2S. The van der Waals surface area contributed by atoms with Crippen molar-refractivity contribution in [1.29, 1.82) is 0 Å². The molecule has 1 aromatic rings. The summed E-state index contributed by atoms with van der Waals surface area (Å²) in [6, 6.07) is -0.277. The minimum atomic E-state index is -0.423. The molecule has 1 atom stereocenters. The highest BCUT2D eigenvalue weighted by molar-refractivity contribution is 7.99. The highest BCUT2D eigenvalue weighted by Gasteiger charge is 2.17. The molecule has 0 fully saturated rings. The number of aromatic nitrogens is 2. The number of nitrogens with zero attached hydrogens (tertiary/aromatic N) is 2. The van der Waals surface area contributed by atoms with Crippen molar-refractivity contribution in [3.8, 4) is 0 Å². The molecule has 8 heteroatoms. The van der Waals surface area contributed by atoms with Crippen LogP contribution in [0.1, 0.15) is 25.8 Å². The average molecular weight is 267 g/mol. The van der Waals surface area contributed by atoms with Crippen molar-refractivity contribution < 1.29 is 9.21 Å². The molecule has 1 unspecified atom stereocenters. The SMILES string of the molecule is CC(C)C(N)c1nnc(SCC(N)=O)o1.Cl. The number of nitrogens with two attached hydrogens (primary N) is 2. The van der Waals surface area contributed by atoms with E-state index in [1.807, 2.05) is 13.8 Å². The van der Waals surface area contributed by atoms with Gasteiger partial charge < -0.3 is 15.9 Å². The summed E-state index contributed by atoms with van der Waals surface area (Å²) in [5.41, 5.74) is 10.8. The van der Waals surface area contributed by atoms with E-state index >= 15 is 0 Å². The van der Waals surface area contributed by atoms with Gasteiger partial charge in [0.05, 0.1) is 11.8 Å². The fraction of sp³-hybridized carbons (Fsp3) is 0.625. The Hall–Kier alpha value is -0.790. The van der Waals surface area contributed by atoms with Crippen molar-refractivity contribution in [2.75, 3.05) is 5.75 Å². The van der Waals surface area contributed by atoms with Crippen LogP contribution in [-0.2, 0) is 4.79 Å². The Morgan fingerprint density at radius 3 is 2.62 bits per heavy atom. The van der Waals surface area contributed by atoms with Crippen LogP contribution >= 0.6 is 24.2 Å². The lowest BCUT2D eigenvalue weighted by Gasteiger charge is -2.09. The first-order valence-electron chi connectivity index (χ1n) is 4.50. The standard InChI is InChI=1S/C8H14N4O2S.ClH/c1-4(2)6(10)7-11-12-8(14-7)15-3-5(9)13;/h4,6H,3,10H2,1-2H3,(H2,9,13);1H. The predicted molar refractivity (Wildman–Crippen MR) is 63.2 cm³/mol. The molecule has 4 N–H and O–H groups in total. The van der Waals surface area contributed by atoms with Crippen LogP contribution in [0.3, 0.4) is 0 Å². The summed E-state index contributed by atoms with van der Waals surface area (Å²) in [4.78, 5) is 10.5. The van der Waals surface area contributed by atoms with Gasteiger partial charge in [0.15, 0.2) is 0 Å². The van der Waals surface area contributed by atoms with Crippen LogP contribution in [0.2, 0.25) is 0 Å². The van der Waals surface area contributed by atoms with Gasteiger partial charge in [-0.15, -0.1) is 22.6 Å². The van der Waals surface area contributed by atoms with Gasteiger partial charge in [-0.05, 0) is 5.92 Å². The Morgan fingerprint density at radius 1 is 1.50 bits per heavy atom. The van der Waals surface area contributed by atoms with Crippen molar-refractivity contribution >= 4 is 30.1 Å². The van der Waals surface area contributed by atoms with Gasteiger partial charge in [0, 0.05) is 0 Å². The summed E-state index contributed by atoms with van der Waals surface area (Å²) < 4.78 is 5.27. The third kappa shape index (κ3) is 4.38. The quantitative estimate of drug-likeness (QED) is 0.761. The summed E-state index contributed by atoms with van der Waals surface area (Å²) in [6.07, 6.45) is 0. The van der Waals surface area contributed by atoms with Crippen molar-refractivity contribution in [3.63, 3.8) is 0 Å². The molecule has 1 amide bonds. The van der Waals surface area contributed by atoms with E-state index < -0.39 is 5.91 Å². The third-order valence-electron chi connectivity index (χ3n) is 1.76. The first kappa shape index (κ1) is 15.2. The van der Waals surface area contributed by atoms with E-state index in [-0.39, 0.29) is 30.1 Å². The lowest BCUT2D eigenvalue weighted by atomic mass is 10.1. The van der Waals surface area contributed by atoms with Gasteiger partial charge in [0.2, 0.25) is 11.8 Å². The lowest BCUT2D eigenvalue weighted by Crippen LogP contribution is -2.16. The summed E-state index contributed by atoms with van der Waals surface area (Å²) in [5, 5.41) is 7.87. The van der Waals surface area contributed by atoms with Gasteiger partial charge in [-0.25, -0.2) is 0 Å². The molecule has 16 heavy (non-hydrogen) atoms. The highest BCUT2D eigenvalue weighted by Crippen LogP contribution is 2.21. The van der Waals surface area contributed by atoms with Gasteiger partial charge in [0.1, 0.15) is 0 Å². The molecule has 0 saturated carbocycles. The van der Waals surface area contributed by atoms with E-state index in [9.17, 15) is 4.79 Å². The molecule has 0 aliphatic rings. The van der Waals surface area contributed by atoms with Gasteiger partial charge in [-0.2, -0.15) is 0 Å². The van der Waals surface area contributed by atoms with Crippen molar-refractivity contribution in [2.45, 2.75) is 25.1 Å². The second kappa shape index (κ2) is 6.72. The molecule has 0 saturated heterocycles. The highest BCUT2D eigenvalue weighted by atomic mass is 35.5. The molecule has 1 aromatic heterocycles. The normalized spacial score (nSPS) is 12.2. The van der Waals surface area contributed by atoms with Crippen LogP contribution in [0.25, 0.3) is 0 Å². The van der Waals surface area contributed by atoms with Crippen molar-refractivity contribution in [3.05, 3.63) is 5.89 Å². The Kier molecular flexibility index (Phi) is 6.39. The van der Waals surface area contributed by atoms with E-state index in [4.69, 9.17) is 15.9 Å². The van der Waals surface area contributed by atoms with Crippen LogP contribution in [-0.4, -0.2) is 21.9 Å². The van der Waals surface area contributed by atoms with Crippen LogP contribution in [0.15, 0.2) is 9.64 Å². The maximum absolute atomic E-state index is 10.5. The number of halogens is 1. The van der Waals surface area contributed by atoms with E-state index in [2.05, 4.69) is 10.2 Å². The number of primary amides is 1. The molecule has 0 aromatic carbocycles. The molecule has 6 nitrogen and oxygen atoms in total. The maximum atomic E-state index is 10.5. The Morgan fingerprint density at radius 2 is 2.12 bits per heavy atom. The molecule has 0 aliphatic heterocycles. The van der Waals surface area contributed by atoms with Crippen LogP contribution in [0.5, 0.6) is 0 Å². The largest absolute Gasteiger partial charge is 0.414 e. The second-order valence-corrected chi connectivity index (χ2v) is 4.36. The van der Waals surface area contributed by atoms with E-state index in [0.29, 0.717) is 11.1 Å². The molecule has 92 valence electrons. The van der Waals surface area contributed by atoms with Crippen molar-refractivity contribution in [2.24, 2.45) is 17.4 Å². The number of rotatable bonds is 5. The zero-order valence-corrected chi connectivity index (χ0v) is 10.7. The van der Waals surface area contributed by atoms with Gasteiger partial charge in [0.25, 0.3) is 5.22 Å². The Balaban J connectivity index is 0.00000225. The predicted octanol–water partition coefficient (Wildman–Crippen LogP) is 0.725. The number of carbonyl (C=O) groups is 1. The van der Waals surface area contributed by atoms with Gasteiger partial charge >= 0.3 is 0 Å². The smallest absolute Gasteiger partial charge is 0.277 e. The van der Waals surface area contributed by atoms with Crippen LogP contribution in [0, 0.1) is 5.92 Å². The number of amides is 1. The maximum Gasteiger partial charge on any atom is 0.277 e. The number of carbonyl (C=O) groups excluding carboxylic acids is 1. The fourth-order valence-electron chi connectivity index (χ4n) is 0.831. The minimum absolute atomic E-state index is 0. The van der Waals surface area contributed by atoms with E-state index in [0.717, 1.165) is 11.8 Å². The van der Waals surface area contributed by atoms with Crippen LogP contribution in [0.4, 0.5) is 0 Å². The molecule has 1 rings (SSSR count).